The second-order valence-corrected chi connectivity index (χ2v) is 12.7. The summed E-state index contributed by atoms with van der Waals surface area (Å²) >= 11 is 0. The standard InChI is InChI=1S/C29H34FN7O2/c30-22-7-5-18(6-8-22)24(27-32-26(34-39-27)21-3-4-21)19-9-11-35(12-10-19)28(38)36-15-29(16-36)13-23(14-29)37-17-31-25(33-37)20-1-2-20/h5-8,17,19-21,23-24H,1-4,9-16H2/t24-/m0/s1. The molecule has 2 aromatic heterocycles. The maximum atomic E-state index is 13.7. The van der Waals surface area contributed by atoms with Gasteiger partial charge < -0.3 is 14.3 Å². The van der Waals surface area contributed by atoms with Crippen molar-refractivity contribution in [1.82, 2.24) is 34.7 Å². The summed E-state index contributed by atoms with van der Waals surface area (Å²) in [6.45, 7) is 3.10. The van der Waals surface area contributed by atoms with Crippen molar-refractivity contribution in [3.63, 3.8) is 0 Å². The molecule has 1 atom stereocenters. The maximum Gasteiger partial charge on any atom is 0.320 e. The first-order chi connectivity index (χ1) is 19.0. The molecule has 5 aliphatic rings. The summed E-state index contributed by atoms with van der Waals surface area (Å²) in [5, 5.41) is 8.96. The van der Waals surface area contributed by atoms with Crippen LogP contribution in [-0.4, -0.2) is 66.9 Å². The van der Waals surface area contributed by atoms with E-state index in [9.17, 15) is 9.18 Å². The van der Waals surface area contributed by atoms with Crippen molar-refractivity contribution in [3.8, 4) is 0 Å². The minimum absolute atomic E-state index is 0.0840. The van der Waals surface area contributed by atoms with Gasteiger partial charge in [0.15, 0.2) is 11.6 Å². The van der Waals surface area contributed by atoms with Gasteiger partial charge in [0.1, 0.15) is 12.1 Å². The SMILES string of the molecule is O=C(N1CCC([C@H](c2ccc(F)cc2)c2nc(C3CC3)no2)CC1)N1CC2(CC(n3cnc(C4CC4)n3)C2)C1. The Hall–Kier alpha value is -3.30. The molecule has 0 radical (unpaired) electrons. The van der Waals surface area contributed by atoms with E-state index in [2.05, 4.69) is 14.8 Å². The van der Waals surface area contributed by atoms with Crippen LogP contribution in [0.5, 0.6) is 0 Å². The van der Waals surface area contributed by atoms with E-state index in [0.717, 1.165) is 68.8 Å². The molecule has 1 aromatic carbocycles. The Labute approximate surface area is 226 Å². The Bertz CT molecular complexity index is 1360. The number of nitrogens with zero attached hydrogens (tertiary/aromatic N) is 7. The van der Waals surface area contributed by atoms with Gasteiger partial charge in [-0.05, 0) is 75.0 Å². The fraction of sp³-hybridized carbons (Fsp3) is 0.621. The molecule has 0 bridgehead atoms. The molecule has 10 heteroatoms. The second kappa shape index (κ2) is 8.86. The highest BCUT2D eigenvalue weighted by atomic mass is 19.1. The number of likely N-dealkylation sites (tertiary alicyclic amines) is 2. The summed E-state index contributed by atoms with van der Waals surface area (Å²) in [4.78, 5) is 26.6. The average molecular weight is 532 g/mol. The second-order valence-electron chi connectivity index (χ2n) is 12.7. The molecule has 4 heterocycles. The lowest BCUT2D eigenvalue weighted by molar-refractivity contribution is -0.0751. The first-order valence-corrected chi connectivity index (χ1v) is 14.6. The van der Waals surface area contributed by atoms with E-state index in [4.69, 9.17) is 14.6 Å². The number of hydrogen-bond acceptors (Lipinski definition) is 6. The number of urea groups is 1. The number of rotatable bonds is 6. The Morgan fingerprint density at radius 2 is 1.64 bits per heavy atom. The highest BCUT2D eigenvalue weighted by molar-refractivity contribution is 5.75. The van der Waals surface area contributed by atoms with Crippen molar-refractivity contribution in [2.24, 2.45) is 11.3 Å². The van der Waals surface area contributed by atoms with E-state index in [1.807, 2.05) is 28.3 Å². The summed E-state index contributed by atoms with van der Waals surface area (Å²) in [5.41, 5.74) is 1.25. The molecule has 204 valence electrons. The van der Waals surface area contributed by atoms with Crippen molar-refractivity contribution in [2.75, 3.05) is 26.2 Å². The highest BCUT2D eigenvalue weighted by Gasteiger charge is 2.55. The third-order valence-corrected chi connectivity index (χ3v) is 9.68. The van der Waals surface area contributed by atoms with Gasteiger partial charge in [-0.3, -0.25) is 0 Å². The zero-order chi connectivity index (χ0) is 26.1. The predicted octanol–water partition coefficient (Wildman–Crippen LogP) is 4.86. The van der Waals surface area contributed by atoms with Crippen LogP contribution in [0.2, 0.25) is 0 Å². The number of halogens is 1. The van der Waals surface area contributed by atoms with Gasteiger partial charge in [-0.25, -0.2) is 18.9 Å². The Morgan fingerprint density at radius 1 is 0.949 bits per heavy atom. The number of hydrogen-bond donors (Lipinski definition) is 0. The predicted molar refractivity (Wildman–Crippen MR) is 138 cm³/mol. The van der Waals surface area contributed by atoms with Crippen LogP contribution in [-0.2, 0) is 0 Å². The van der Waals surface area contributed by atoms with E-state index in [-0.39, 0.29) is 29.1 Å². The van der Waals surface area contributed by atoms with Crippen LogP contribution in [0.15, 0.2) is 35.1 Å². The summed E-state index contributed by atoms with van der Waals surface area (Å²) in [6, 6.07) is 7.24. The van der Waals surface area contributed by atoms with Crippen LogP contribution in [0.3, 0.4) is 0 Å². The van der Waals surface area contributed by atoms with Crippen LogP contribution < -0.4 is 0 Å². The number of aromatic nitrogens is 5. The molecular weight excluding hydrogens is 497 g/mol. The topological polar surface area (TPSA) is 93.2 Å². The molecular formula is C29H34FN7O2. The largest absolute Gasteiger partial charge is 0.339 e. The molecule has 0 unspecified atom stereocenters. The van der Waals surface area contributed by atoms with E-state index in [0.29, 0.717) is 36.9 Å². The molecule has 2 amide bonds. The summed E-state index contributed by atoms with van der Waals surface area (Å²) < 4.78 is 21.5. The minimum atomic E-state index is -0.253. The molecule has 9 nitrogen and oxygen atoms in total. The lowest BCUT2D eigenvalue weighted by Crippen LogP contribution is -2.66. The third kappa shape index (κ3) is 4.32. The normalized spacial score (nSPS) is 24.0. The number of piperidine rings is 1. The third-order valence-electron chi connectivity index (χ3n) is 9.68. The van der Waals surface area contributed by atoms with Gasteiger partial charge in [0.2, 0.25) is 5.89 Å². The Morgan fingerprint density at radius 3 is 2.33 bits per heavy atom. The number of carbonyl (C=O) groups is 1. The molecule has 3 aromatic rings. The summed E-state index contributed by atoms with van der Waals surface area (Å²) in [5.74, 6) is 3.34. The van der Waals surface area contributed by atoms with Gasteiger partial charge in [-0.15, -0.1) is 0 Å². The first-order valence-electron chi connectivity index (χ1n) is 14.6. The fourth-order valence-electron chi connectivity index (χ4n) is 7.07. The number of carbonyl (C=O) groups excluding carboxylic acids is 1. The lowest BCUT2D eigenvalue weighted by Gasteiger charge is -2.59. The molecule has 3 saturated carbocycles. The van der Waals surface area contributed by atoms with Gasteiger partial charge in [0.25, 0.3) is 0 Å². The fourth-order valence-corrected chi connectivity index (χ4v) is 7.07. The molecule has 0 N–H and O–H groups in total. The van der Waals surface area contributed by atoms with Crippen molar-refractivity contribution < 1.29 is 13.7 Å². The van der Waals surface area contributed by atoms with Crippen LogP contribution in [0.1, 0.15) is 98.3 Å². The smallest absolute Gasteiger partial charge is 0.320 e. The summed E-state index contributed by atoms with van der Waals surface area (Å²) in [6.07, 6.45) is 10.4. The lowest BCUT2D eigenvalue weighted by atomic mass is 9.61. The molecule has 1 spiro atoms. The molecule has 2 aliphatic heterocycles. The van der Waals surface area contributed by atoms with Crippen LogP contribution >= 0.6 is 0 Å². The summed E-state index contributed by atoms with van der Waals surface area (Å²) in [7, 11) is 0. The quantitative estimate of drug-likeness (QED) is 0.451. The van der Waals surface area contributed by atoms with E-state index >= 15 is 0 Å². The maximum absolute atomic E-state index is 13.7. The number of benzene rings is 1. The van der Waals surface area contributed by atoms with Crippen LogP contribution in [0.25, 0.3) is 0 Å². The van der Waals surface area contributed by atoms with Crippen molar-refractivity contribution in [1.29, 1.82) is 0 Å². The molecule has 3 aliphatic carbocycles. The number of amides is 2. The van der Waals surface area contributed by atoms with E-state index in [1.165, 1.54) is 25.0 Å². The zero-order valence-electron chi connectivity index (χ0n) is 22.1. The molecule has 8 rings (SSSR count). The highest BCUT2D eigenvalue weighted by Crippen LogP contribution is 2.54. The Balaban J connectivity index is 0.879. The Kier molecular flexibility index (Phi) is 5.35. The molecule has 39 heavy (non-hydrogen) atoms. The zero-order valence-corrected chi connectivity index (χ0v) is 22.1. The molecule has 2 saturated heterocycles. The van der Waals surface area contributed by atoms with Crippen LogP contribution in [0.4, 0.5) is 9.18 Å². The average Bonchev–Trinajstić information content (AvgIpc) is 3.84. The van der Waals surface area contributed by atoms with Gasteiger partial charge in [0.05, 0.1) is 12.0 Å². The minimum Gasteiger partial charge on any atom is -0.339 e. The van der Waals surface area contributed by atoms with E-state index in [1.54, 1.807) is 0 Å². The molecule has 5 fully saturated rings. The van der Waals surface area contributed by atoms with Gasteiger partial charge >= 0.3 is 6.03 Å². The monoisotopic (exact) mass is 531 g/mol. The first kappa shape index (κ1) is 23.6. The van der Waals surface area contributed by atoms with Crippen molar-refractivity contribution in [2.45, 2.75) is 75.2 Å². The van der Waals surface area contributed by atoms with E-state index < -0.39 is 0 Å². The van der Waals surface area contributed by atoms with Gasteiger partial charge in [-0.2, -0.15) is 10.1 Å². The van der Waals surface area contributed by atoms with Crippen molar-refractivity contribution in [3.05, 3.63) is 59.5 Å². The van der Waals surface area contributed by atoms with Crippen LogP contribution in [0, 0.1) is 17.2 Å². The van der Waals surface area contributed by atoms with Crippen molar-refractivity contribution >= 4 is 6.03 Å². The van der Waals surface area contributed by atoms with Gasteiger partial charge in [-0.1, -0.05) is 17.3 Å². The van der Waals surface area contributed by atoms with Gasteiger partial charge in [0, 0.05) is 43.4 Å².